The molecule has 2 aromatic carbocycles. The van der Waals surface area contributed by atoms with Crippen molar-refractivity contribution in [3.63, 3.8) is 0 Å². The second-order valence-corrected chi connectivity index (χ2v) is 5.01. The lowest BCUT2D eigenvalue weighted by molar-refractivity contribution is -0.142. The van der Waals surface area contributed by atoms with Crippen molar-refractivity contribution in [3.05, 3.63) is 58.6 Å². The highest BCUT2D eigenvalue weighted by Gasteiger charge is 2.05. The Morgan fingerprint density at radius 2 is 1.85 bits per heavy atom. The Hall–Kier alpha value is -2.01. The molecular formula is C15H14BrNO3. The molecule has 2 rings (SSSR count). The zero-order chi connectivity index (χ0) is 14.4. The number of esters is 1. The van der Waals surface area contributed by atoms with Crippen LogP contribution in [0, 0.1) is 0 Å². The van der Waals surface area contributed by atoms with Gasteiger partial charge in [0.2, 0.25) is 0 Å². The van der Waals surface area contributed by atoms with Crippen LogP contribution in [0.4, 0.5) is 5.69 Å². The van der Waals surface area contributed by atoms with Crippen LogP contribution in [-0.4, -0.2) is 17.6 Å². The summed E-state index contributed by atoms with van der Waals surface area (Å²) < 4.78 is 6.09. The fourth-order valence-corrected chi connectivity index (χ4v) is 1.98. The predicted molar refractivity (Wildman–Crippen MR) is 80.5 cm³/mol. The van der Waals surface area contributed by atoms with Crippen LogP contribution in [0.5, 0.6) is 5.75 Å². The molecule has 2 N–H and O–H groups in total. The summed E-state index contributed by atoms with van der Waals surface area (Å²) >= 11 is 3.40. The van der Waals surface area contributed by atoms with Crippen LogP contribution in [0.1, 0.15) is 5.56 Å². The molecule has 0 atom stereocenters. The minimum absolute atomic E-state index is 0.0786. The summed E-state index contributed by atoms with van der Waals surface area (Å²) in [5, 5.41) is 12.1. The van der Waals surface area contributed by atoms with E-state index in [1.165, 1.54) is 0 Å². The van der Waals surface area contributed by atoms with Gasteiger partial charge in [-0.25, -0.2) is 0 Å². The first kappa shape index (κ1) is 14.4. The highest BCUT2D eigenvalue weighted by Crippen LogP contribution is 2.17. The number of rotatable bonds is 5. The Morgan fingerprint density at radius 3 is 2.55 bits per heavy atom. The second-order valence-electron chi connectivity index (χ2n) is 4.15. The van der Waals surface area contributed by atoms with Crippen molar-refractivity contribution in [2.75, 3.05) is 11.9 Å². The summed E-state index contributed by atoms with van der Waals surface area (Å²) in [6, 6.07) is 14.1. The van der Waals surface area contributed by atoms with Crippen LogP contribution in [-0.2, 0) is 16.1 Å². The van der Waals surface area contributed by atoms with E-state index in [1.54, 1.807) is 24.3 Å². The number of hydrogen-bond acceptors (Lipinski definition) is 4. The second kappa shape index (κ2) is 6.96. The number of ether oxygens (including phenoxy) is 1. The summed E-state index contributed by atoms with van der Waals surface area (Å²) in [6.07, 6.45) is 0. The number of hydrogen-bond donors (Lipinski definition) is 2. The third kappa shape index (κ3) is 4.28. The largest absolute Gasteiger partial charge is 0.508 e. The molecule has 0 heterocycles. The van der Waals surface area contributed by atoms with Crippen LogP contribution < -0.4 is 5.32 Å². The molecule has 0 aliphatic rings. The van der Waals surface area contributed by atoms with E-state index in [2.05, 4.69) is 21.2 Å². The fraction of sp³-hybridized carbons (Fsp3) is 0.133. The highest BCUT2D eigenvalue weighted by molar-refractivity contribution is 9.10. The third-order valence-corrected chi connectivity index (χ3v) is 3.42. The van der Waals surface area contributed by atoms with E-state index in [0.717, 1.165) is 15.7 Å². The van der Waals surface area contributed by atoms with Crippen molar-refractivity contribution in [1.29, 1.82) is 0 Å². The van der Waals surface area contributed by atoms with Crippen molar-refractivity contribution < 1.29 is 14.6 Å². The van der Waals surface area contributed by atoms with Crippen LogP contribution in [0.25, 0.3) is 0 Å². The molecule has 2 aromatic rings. The monoisotopic (exact) mass is 335 g/mol. The van der Waals surface area contributed by atoms with E-state index in [1.807, 2.05) is 24.3 Å². The van der Waals surface area contributed by atoms with E-state index in [4.69, 9.17) is 9.84 Å². The fourth-order valence-electron chi connectivity index (χ4n) is 1.58. The van der Waals surface area contributed by atoms with Gasteiger partial charge in [-0.05, 0) is 30.3 Å². The van der Waals surface area contributed by atoms with Crippen LogP contribution >= 0.6 is 15.9 Å². The molecule has 104 valence electrons. The van der Waals surface area contributed by atoms with Gasteiger partial charge in [0, 0.05) is 15.7 Å². The molecule has 20 heavy (non-hydrogen) atoms. The van der Waals surface area contributed by atoms with Gasteiger partial charge < -0.3 is 15.2 Å². The first-order chi connectivity index (χ1) is 9.65. The molecule has 0 amide bonds. The lowest BCUT2D eigenvalue weighted by Gasteiger charge is -2.08. The maximum Gasteiger partial charge on any atom is 0.325 e. The summed E-state index contributed by atoms with van der Waals surface area (Å²) in [7, 11) is 0. The van der Waals surface area contributed by atoms with Gasteiger partial charge in [0.1, 0.15) is 18.9 Å². The molecule has 0 fully saturated rings. The Kier molecular flexibility index (Phi) is 5.01. The van der Waals surface area contributed by atoms with Crippen LogP contribution in [0.15, 0.2) is 53.0 Å². The van der Waals surface area contributed by atoms with Gasteiger partial charge >= 0.3 is 5.97 Å². The zero-order valence-electron chi connectivity index (χ0n) is 10.7. The minimum atomic E-state index is -0.339. The molecule has 4 nitrogen and oxygen atoms in total. The molecule has 0 unspecified atom stereocenters. The molecule has 0 saturated heterocycles. The number of carbonyl (C=O) groups is 1. The smallest absolute Gasteiger partial charge is 0.325 e. The molecule has 0 saturated carbocycles. The van der Waals surface area contributed by atoms with Gasteiger partial charge in [-0.3, -0.25) is 4.79 Å². The van der Waals surface area contributed by atoms with Gasteiger partial charge in [0.05, 0.1) is 0 Å². The molecular weight excluding hydrogens is 322 g/mol. The van der Waals surface area contributed by atoms with Crippen molar-refractivity contribution in [3.8, 4) is 5.75 Å². The Balaban J connectivity index is 1.78. The van der Waals surface area contributed by atoms with Crippen molar-refractivity contribution in [2.45, 2.75) is 6.61 Å². The molecule has 0 spiro atoms. The standard InChI is InChI=1S/C15H14BrNO3/c16-14-4-2-1-3-11(14)10-20-15(19)9-17-12-5-7-13(18)8-6-12/h1-8,17-18H,9-10H2. The SMILES string of the molecule is O=C(CNc1ccc(O)cc1)OCc1ccccc1Br. The summed E-state index contributed by atoms with van der Waals surface area (Å²) in [5.74, 6) is -0.152. The first-order valence-electron chi connectivity index (χ1n) is 6.07. The third-order valence-electron chi connectivity index (χ3n) is 2.65. The maximum atomic E-state index is 11.6. The lowest BCUT2D eigenvalue weighted by atomic mass is 10.2. The van der Waals surface area contributed by atoms with Crippen LogP contribution in [0.2, 0.25) is 0 Å². The minimum Gasteiger partial charge on any atom is -0.508 e. The highest BCUT2D eigenvalue weighted by atomic mass is 79.9. The molecule has 0 aliphatic carbocycles. The predicted octanol–water partition coefficient (Wildman–Crippen LogP) is 3.31. The van der Waals surface area contributed by atoms with Gasteiger partial charge in [0.15, 0.2) is 0 Å². The van der Waals surface area contributed by atoms with E-state index in [9.17, 15) is 4.79 Å². The van der Waals surface area contributed by atoms with E-state index in [0.29, 0.717) is 0 Å². The number of aromatic hydroxyl groups is 1. The normalized spacial score (nSPS) is 10.1. The van der Waals surface area contributed by atoms with E-state index < -0.39 is 0 Å². The maximum absolute atomic E-state index is 11.6. The Bertz CT molecular complexity index is 584. The topological polar surface area (TPSA) is 58.6 Å². The average molecular weight is 336 g/mol. The Labute approximate surface area is 125 Å². The van der Waals surface area contributed by atoms with Gasteiger partial charge in [-0.15, -0.1) is 0 Å². The summed E-state index contributed by atoms with van der Waals surface area (Å²) in [4.78, 5) is 11.6. The van der Waals surface area contributed by atoms with Crippen molar-refractivity contribution >= 4 is 27.6 Å². The van der Waals surface area contributed by atoms with Crippen molar-refractivity contribution in [1.82, 2.24) is 0 Å². The van der Waals surface area contributed by atoms with Crippen molar-refractivity contribution in [2.24, 2.45) is 0 Å². The molecule has 0 aliphatic heterocycles. The van der Waals surface area contributed by atoms with E-state index >= 15 is 0 Å². The Morgan fingerprint density at radius 1 is 1.15 bits per heavy atom. The number of anilines is 1. The number of benzene rings is 2. The first-order valence-corrected chi connectivity index (χ1v) is 6.86. The zero-order valence-corrected chi connectivity index (χ0v) is 12.3. The van der Waals surface area contributed by atoms with E-state index in [-0.39, 0.29) is 24.9 Å². The quantitative estimate of drug-likeness (QED) is 0.650. The summed E-state index contributed by atoms with van der Waals surface area (Å²) in [6.45, 7) is 0.312. The van der Waals surface area contributed by atoms with Gasteiger partial charge in [-0.2, -0.15) is 0 Å². The lowest BCUT2D eigenvalue weighted by Crippen LogP contribution is -2.16. The number of phenols is 1. The molecule has 5 heteroatoms. The molecule has 0 bridgehead atoms. The van der Waals surface area contributed by atoms with Gasteiger partial charge in [-0.1, -0.05) is 34.1 Å². The molecule has 0 radical (unpaired) electrons. The van der Waals surface area contributed by atoms with Crippen LogP contribution in [0.3, 0.4) is 0 Å². The number of nitrogens with one attached hydrogen (secondary N) is 1. The molecule has 0 aromatic heterocycles. The summed E-state index contributed by atoms with van der Waals surface area (Å²) in [5.41, 5.74) is 1.67. The van der Waals surface area contributed by atoms with Gasteiger partial charge in [0.25, 0.3) is 0 Å². The number of halogens is 1. The number of phenolic OH excluding ortho intramolecular Hbond substituents is 1. The average Bonchev–Trinajstić information content (AvgIpc) is 2.46. The number of carbonyl (C=O) groups excluding carboxylic acids is 1.